The first-order chi connectivity index (χ1) is 10.0. The molecule has 1 aromatic carbocycles. The average molecular weight is 293 g/mol. The third-order valence-electron chi connectivity index (χ3n) is 3.36. The van der Waals surface area contributed by atoms with Crippen molar-refractivity contribution < 1.29 is 24.0 Å². The van der Waals surface area contributed by atoms with Crippen LogP contribution in [0, 0.1) is 10.1 Å². The van der Waals surface area contributed by atoms with E-state index in [9.17, 15) is 19.7 Å². The number of rotatable bonds is 4. The van der Waals surface area contributed by atoms with E-state index in [2.05, 4.69) is 0 Å². The molecule has 112 valence electrons. The fraction of sp³-hybridized carbons (Fsp3) is 0.429. The lowest BCUT2D eigenvalue weighted by Gasteiger charge is -2.20. The first-order valence-corrected chi connectivity index (χ1v) is 6.59. The van der Waals surface area contributed by atoms with Gasteiger partial charge in [-0.25, -0.2) is 4.79 Å². The largest absolute Gasteiger partial charge is 0.490 e. The van der Waals surface area contributed by atoms with Crippen molar-refractivity contribution in [1.29, 1.82) is 0 Å². The lowest BCUT2D eigenvalue weighted by atomic mass is 9.96. The topological polar surface area (TPSA) is 95.7 Å². The molecule has 0 N–H and O–H groups in total. The number of Topliss-reactive ketones (excluding diaryl/α,β-unsaturated/α-hetero) is 1. The molecule has 1 aliphatic carbocycles. The molecule has 1 saturated carbocycles. The van der Waals surface area contributed by atoms with Gasteiger partial charge in [0.15, 0.2) is 17.6 Å². The summed E-state index contributed by atoms with van der Waals surface area (Å²) in [6.07, 6.45) is 1.80. The van der Waals surface area contributed by atoms with Crippen molar-refractivity contribution in [3.05, 3.63) is 33.9 Å². The number of ether oxygens (including phenoxy) is 2. The van der Waals surface area contributed by atoms with Crippen molar-refractivity contribution in [3.8, 4) is 5.75 Å². The summed E-state index contributed by atoms with van der Waals surface area (Å²) in [7, 11) is 1.31. The number of benzene rings is 1. The highest BCUT2D eigenvalue weighted by Crippen LogP contribution is 2.28. The van der Waals surface area contributed by atoms with E-state index < -0.39 is 17.0 Å². The van der Waals surface area contributed by atoms with Gasteiger partial charge in [-0.1, -0.05) is 0 Å². The van der Waals surface area contributed by atoms with Crippen molar-refractivity contribution >= 4 is 17.4 Å². The summed E-state index contributed by atoms with van der Waals surface area (Å²) in [4.78, 5) is 33.9. The SMILES string of the molecule is COc1ccc(C(=O)O[C@H]2CCCCC2=O)cc1[N+](=O)[O-]. The zero-order valence-electron chi connectivity index (χ0n) is 11.5. The molecule has 0 aliphatic heterocycles. The van der Waals surface area contributed by atoms with Crippen LogP contribution < -0.4 is 4.74 Å². The standard InChI is InChI=1S/C14H15NO6/c1-20-12-7-6-9(8-10(12)15(18)19)14(17)21-13-5-3-2-4-11(13)16/h6-8,13H,2-5H2,1H3/t13-/m0/s1. The minimum atomic E-state index is -0.743. The van der Waals surface area contributed by atoms with Gasteiger partial charge in [0.2, 0.25) is 0 Å². The number of carbonyl (C=O) groups excluding carboxylic acids is 2. The molecule has 1 fully saturated rings. The molecule has 1 aromatic rings. The Morgan fingerprint density at radius 2 is 2.14 bits per heavy atom. The molecular weight excluding hydrogens is 278 g/mol. The summed E-state index contributed by atoms with van der Waals surface area (Å²) >= 11 is 0. The van der Waals surface area contributed by atoms with Crippen LogP contribution in [0.5, 0.6) is 5.75 Å². The van der Waals surface area contributed by atoms with Crippen molar-refractivity contribution in [2.45, 2.75) is 31.8 Å². The van der Waals surface area contributed by atoms with Gasteiger partial charge in [0.1, 0.15) is 0 Å². The molecule has 0 aromatic heterocycles. The number of nitro benzene ring substituents is 1. The van der Waals surface area contributed by atoms with Crippen LogP contribution in [0.3, 0.4) is 0 Å². The maximum Gasteiger partial charge on any atom is 0.339 e. The quantitative estimate of drug-likeness (QED) is 0.480. The third kappa shape index (κ3) is 3.36. The second kappa shape index (κ2) is 6.34. The van der Waals surface area contributed by atoms with Crippen LogP contribution in [0.15, 0.2) is 18.2 Å². The number of nitrogens with zero attached hydrogens (tertiary/aromatic N) is 1. The van der Waals surface area contributed by atoms with Crippen LogP contribution >= 0.6 is 0 Å². The van der Waals surface area contributed by atoms with Gasteiger partial charge in [0.05, 0.1) is 17.6 Å². The summed E-state index contributed by atoms with van der Waals surface area (Å²) < 4.78 is 10.0. The highest BCUT2D eigenvalue weighted by atomic mass is 16.6. The van der Waals surface area contributed by atoms with Crippen molar-refractivity contribution in [3.63, 3.8) is 0 Å². The highest BCUT2D eigenvalue weighted by Gasteiger charge is 2.27. The Bertz CT molecular complexity index is 583. The van der Waals surface area contributed by atoms with Crippen LogP contribution in [0.1, 0.15) is 36.0 Å². The molecule has 2 rings (SSSR count). The molecule has 0 saturated heterocycles. The van der Waals surface area contributed by atoms with Gasteiger partial charge in [-0.05, 0) is 31.4 Å². The molecule has 0 heterocycles. The molecule has 0 radical (unpaired) electrons. The molecule has 0 spiro atoms. The van der Waals surface area contributed by atoms with Gasteiger partial charge in [-0.2, -0.15) is 0 Å². The molecule has 7 nitrogen and oxygen atoms in total. The van der Waals surface area contributed by atoms with E-state index in [4.69, 9.17) is 9.47 Å². The molecular formula is C14H15NO6. The lowest BCUT2D eigenvalue weighted by Crippen LogP contribution is -2.30. The number of methoxy groups -OCH3 is 1. The fourth-order valence-electron chi connectivity index (χ4n) is 2.23. The summed E-state index contributed by atoms with van der Waals surface area (Å²) in [6, 6.07) is 3.80. The number of carbonyl (C=O) groups is 2. The first kappa shape index (κ1) is 15.0. The van der Waals surface area contributed by atoms with Crippen LogP contribution in [-0.4, -0.2) is 29.9 Å². The third-order valence-corrected chi connectivity index (χ3v) is 3.36. The summed E-state index contributed by atoms with van der Waals surface area (Å²) in [6.45, 7) is 0. The van der Waals surface area contributed by atoms with E-state index >= 15 is 0 Å². The zero-order chi connectivity index (χ0) is 15.4. The maximum absolute atomic E-state index is 12.0. The molecule has 0 amide bonds. The zero-order valence-corrected chi connectivity index (χ0v) is 11.5. The van der Waals surface area contributed by atoms with Gasteiger partial charge in [0.25, 0.3) is 0 Å². The minimum absolute atomic E-state index is 0.0286. The van der Waals surface area contributed by atoms with Crippen molar-refractivity contribution in [2.24, 2.45) is 0 Å². The number of nitro groups is 1. The van der Waals surface area contributed by atoms with E-state index in [1.54, 1.807) is 0 Å². The van der Waals surface area contributed by atoms with Crippen LogP contribution in [0.2, 0.25) is 0 Å². The van der Waals surface area contributed by atoms with Gasteiger partial charge < -0.3 is 9.47 Å². The second-order valence-corrected chi connectivity index (χ2v) is 4.75. The van der Waals surface area contributed by atoms with E-state index in [0.717, 1.165) is 18.9 Å². The van der Waals surface area contributed by atoms with Gasteiger partial charge in [-0.3, -0.25) is 14.9 Å². The van der Waals surface area contributed by atoms with Crippen LogP contribution in [-0.2, 0) is 9.53 Å². The Hall–Kier alpha value is -2.44. The molecule has 21 heavy (non-hydrogen) atoms. The Balaban J connectivity index is 2.17. The summed E-state index contributed by atoms with van der Waals surface area (Å²) in [5, 5.41) is 10.9. The second-order valence-electron chi connectivity index (χ2n) is 4.75. The molecule has 7 heteroatoms. The van der Waals surface area contributed by atoms with Gasteiger partial charge in [-0.15, -0.1) is 0 Å². The molecule has 1 aliphatic rings. The molecule has 1 atom stereocenters. The average Bonchev–Trinajstić information content (AvgIpc) is 2.48. The van der Waals surface area contributed by atoms with Gasteiger partial charge >= 0.3 is 11.7 Å². The van der Waals surface area contributed by atoms with E-state index in [1.807, 2.05) is 0 Å². The summed E-state index contributed by atoms with van der Waals surface area (Å²) in [5.74, 6) is -0.774. The monoisotopic (exact) mass is 293 g/mol. The highest BCUT2D eigenvalue weighted by molar-refractivity contribution is 5.93. The smallest absolute Gasteiger partial charge is 0.339 e. The van der Waals surface area contributed by atoms with Crippen LogP contribution in [0.4, 0.5) is 5.69 Å². The van der Waals surface area contributed by atoms with Crippen molar-refractivity contribution in [1.82, 2.24) is 0 Å². The van der Waals surface area contributed by atoms with E-state index in [0.29, 0.717) is 12.8 Å². The van der Waals surface area contributed by atoms with E-state index in [1.165, 1.54) is 19.2 Å². The Kier molecular flexibility index (Phi) is 4.52. The fourth-order valence-corrected chi connectivity index (χ4v) is 2.23. The molecule has 0 unspecified atom stereocenters. The summed E-state index contributed by atoms with van der Waals surface area (Å²) in [5.41, 5.74) is -0.289. The van der Waals surface area contributed by atoms with Crippen LogP contribution in [0.25, 0.3) is 0 Å². The van der Waals surface area contributed by atoms with Gasteiger partial charge in [0, 0.05) is 12.5 Å². The Morgan fingerprint density at radius 3 is 2.76 bits per heavy atom. The van der Waals surface area contributed by atoms with E-state index in [-0.39, 0.29) is 22.8 Å². The first-order valence-electron chi connectivity index (χ1n) is 6.59. The molecule has 0 bridgehead atoms. The number of hydrogen-bond donors (Lipinski definition) is 0. The predicted octanol–water partition coefficient (Wildman–Crippen LogP) is 2.27. The predicted molar refractivity (Wildman–Crippen MR) is 72.3 cm³/mol. The number of ketones is 1. The van der Waals surface area contributed by atoms with Crippen molar-refractivity contribution in [2.75, 3.05) is 7.11 Å². The normalized spacial score (nSPS) is 18.1. The lowest BCUT2D eigenvalue weighted by molar-refractivity contribution is -0.385. The minimum Gasteiger partial charge on any atom is -0.490 e. The maximum atomic E-state index is 12.0. The number of esters is 1. The Labute approximate surface area is 121 Å². The number of hydrogen-bond acceptors (Lipinski definition) is 6. The Morgan fingerprint density at radius 1 is 1.38 bits per heavy atom.